The monoisotopic (exact) mass is 276 g/mol. The molecule has 1 aliphatic rings. The second-order valence-corrected chi connectivity index (χ2v) is 5.92. The number of rotatable bonds is 4. The molecule has 2 N–H and O–H groups in total. The molecule has 3 rings (SSSR count). The summed E-state index contributed by atoms with van der Waals surface area (Å²) in [5.74, 6) is -0.419. The van der Waals surface area contributed by atoms with E-state index in [2.05, 4.69) is 24.1 Å². The zero-order valence-corrected chi connectivity index (χ0v) is 12.0. The highest BCUT2D eigenvalue weighted by Crippen LogP contribution is 2.44. The number of hydrogen-bond acceptors (Lipinski definition) is 4. The quantitative estimate of drug-likeness (QED) is 0.901. The van der Waals surface area contributed by atoms with E-state index in [1.54, 1.807) is 6.07 Å². The molecule has 5 nitrogen and oxygen atoms in total. The van der Waals surface area contributed by atoms with Gasteiger partial charge < -0.3 is 14.5 Å². The predicted octanol–water partition coefficient (Wildman–Crippen LogP) is 2.74. The topological polar surface area (TPSA) is 67.3 Å². The van der Waals surface area contributed by atoms with E-state index in [-0.39, 0.29) is 5.41 Å². The van der Waals surface area contributed by atoms with Crippen molar-refractivity contribution >= 4 is 16.8 Å². The van der Waals surface area contributed by atoms with E-state index < -0.39 is 5.76 Å². The number of anilines is 1. The van der Waals surface area contributed by atoms with Crippen molar-refractivity contribution in [3.8, 4) is 0 Å². The van der Waals surface area contributed by atoms with E-state index in [1.807, 2.05) is 19.1 Å². The van der Waals surface area contributed by atoms with Gasteiger partial charge in [0.1, 0.15) is 0 Å². The number of fused-ring (bicyclic) bond motifs is 1. The fourth-order valence-corrected chi connectivity index (χ4v) is 2.86. The van der Waals surface area contributed by atoms with Crippen LogP contribution in [-0.4, -0.2) is 23.7 Å². The molecule has 20 heavy (non-hydrogen) atoms. The van der Waals surface area contributed by atoms with Crippen LogP contribution in [0.4, 0.5) is 5.69 Å². The van der Waals surface area contributed by atoms with Gasteiger partial charge >= 0.3 is 5.76 Å². The third-order valence-corrected chi connectivity index (χ3v) is 4.31. The molecule has 1 heterocycles. The standard InChI is InChI=1S/C15H20N2O3/c1-4-19-13-8-12(15(13,2)3)16-9-5-6-11-10(7-9)17-14(18)20-11/h5-7,12-13,16H,4,8H2,1-3H3,(H,17,18). The maximum absolute atomic E-state index is 11.1. The Bertz CT molecular complexity index is 671. The second-order valence-electron chi connectivity index (χ2n) is 5.92. The molecule has 1 aliphatic carbocycles. The molecule has 0 aliphatic heterocycles. The first kappa shape index (κ1) is 13.2. The van der Waals surface area contributed by atoms with Crippen molar-refractivity contribution in [3.05, 3.63) is 28.7 Å². The Morgan fingerprint density at radius 2 is 2.30 bits per heavy atom. The molecule has 5 heteroatoms. The van der Waals surface area contributed by atoms with E-state index in [9.17, 15) is 4.79 Å². The summed E-state index contributed by atoms with van der Waals surface area (Å²) in [6.45, 7) is 7.21. The van der Waals surface area contributed by atoms with Crippen LogP contribution in [-0.2, 0) is 4.74 Å². The van der Waals surface area contributed by atoms with Gasteiger partial charge in [0, 0.05) is 23.8 Å². The molecule has 108 valence electrons. The fourth-order valence-electron chi connectivity index (χ4n) is 2.86. The molecular weight excluding hydrogens is 256 g/mol. The van der Waals surface area contributed by atoms with Crippen molar-refractivity contribution < 1.29 is 9.15 Å². The van der Waals surface area contributed by atoms with E-state index in [4.69, 9.17) is 9.15 Å². The number of benzene rings is 1. The fraction of sp³-hybridized carbons (Fsp3) is 0.533. The zero-order valence-electron chi connectivity index (χ0n) is 12.0. The van der Waals surface area contributed by atoms with E-state index in [0.717, 1.165) is 24.2 Å². The summed E-state index contributed by atoms with van der Waals surface area (Å²) in [7, 11) is 0. The highest BCUT2D eigenvalue weighted by atomic mass is 16.5. The van der Waals surface area contributed by atoms with Crippen LogP contribution >= 0.6 is 0 Å². The van der Waals surface area contributed by atoms with Gasteiger partial charge in [-0.2, -0.15) is 0 Å². The first-order chi connectivity index (χ1) is 9.50. The number of nitrogens with one attached hydrogen (secondary N) is 2. The average Bonchev–Trinajstić information content (AvgIpc) is 2.77. The number of aromatic amines is 1. The average molecular weight is 276 g/mol. The molecule has 0 bridgehead atoms. The van der Waals surface area contributed by atoms with Gasteiger partial charge in [0.25, 0.3) is 0 Å². The van der Waals surface area contributed by atoms with Crippen molar-refractivity contribution in [1.82, 2.24) is 4.98 Å². The normalized spacial score (nSPS) is 24.6. The van der Waals surface area contributed by atoms with Gasteiger partial charge in [0.2, 0.25) is 0 Å². The molecule has 1 aromatic heterocycles. The maximum atomic E-state index is 11.1. The third-order valence-electron chi connectivity index (χ3n) is 4.31. The Labute approximate surface area is 117 Å². The molecule has 0 radical (unpaired) electrons. The Kier molecular flexibility index (Phi) is 3.09. The maximum Gasteiger partial charge on any atom is 0.417 e. The van der Waals surface area contributed by atoms with Crippen molar-refractivity contribution in [2.45, 2.75) is 39.3 Å². The van der Waals surface area contributed by atoms with Gasteiger partial charge in [-0.3, -0.25) is 4.98 Å². The summed E-state index contributed by atoms with van der Waals surface area (Å²) in [5, 5.41) is 3.51. The lowest BCUT2D eigenvalue weighted by atomic mass is 9.64. The van der Waals surface area contributed by atoms with Gasteiger partial charge in [-0.05, 0) is 31.5 Å². The van der Waals surface area contributed by atoms with Crippen LogP contribution in [0, 0.1) is 5.41 Å². The summed E-state index contributed by atoms with van der Waals surface area (Å²) in [4.78, 5) is 13.8. The molecule has 2 atom stereocenters. The lowest BCUT2D eigenvalue weighted by Gasteiger charge is -2.52. The molecule has 0 amide bonds. The lowest BCUT2D eigenvalue weighted by Crippen LogP contribution is -2.58. The Balaban J connectivity index is 1.75. The molecule has 1 fully saturated rings. The van der Waals surface area contributed by atoms with Crippen molar-refractivity contribution in [2.75, 3.05) is 11.9 Å². The van der Waals surface area contributed by atoms with Gasteiger partial charge in [-0.15, -0.1) is 0 Å². The first-order valence-corrected chi connectivity index (χ1v) is 7.01. The summed E-state index contributed by atoms with van der Waals surface area (Å²) in [6, 6.07) is 6.02. The highest BCUT2D eigenvalue weighted by molar-refractivity contribution is 5.76. The smallest absolute Gasteiger partial charge is 0.408 e. The Morgan fingerprint density at radius 3 is 3.00 bits per heavy atom. The van der Waals surface area contributed by atoms with Crippen molar-refractivity contribution in [2.24, 2.45) is 5.41 Å². The lowest BCUT2D eigenvalue weighted by molar-refractivity contribution is -0.0975. The van der Waals surface area contributed by atoms with Crippen LogP contribution in [0.15, 0.2) is 27.4 Å². The van der Waals surface area contributed by atoms with Gasteiger partial charge in [0.15, 0.2) is 5.58 Å². The van der Waals surface area contributed by atoms with Gasteiger partial charge in [-0.1, -0.05) is 13.8 Å². The second kappa shape index (κ2) is 4.66. The molecule has 2 aromatic rings. The summed E-state index contributed by atoms with van der Waals surface area (Å²) < 4.78 is 10.7. The van der Waals surface area contributed by atoms with Crippen LogP contribution in [0.1, 0.15) is 27.2 Å². The number of hydrogen-bond donors (Lipinski definition) is 2. The minimum Gasteiger partial charge on any atom is -0.408 e. The molecule has 0 saturated heterocycles. The zero-order chi connectivity index (χ0) is 14.3. The number of H-pyrrole nitrogens is 1. The highest BCUT2D eigenvalue weighted by Gasteiger charge is 2.48. The van der Waals surface area contributed by atoms with Crippen LogP contribution < -0.4 is 11.1 Å². The number of ether oxygens (including phenoxy) is 1. The van der Waals surface area contributed by atoms with E-state index >= 15 is 0 Å². The SMILES string of the molecule is CCOC1CC(Nc2ccc3oc(=O)[nH]c3c2)C1(C)C. The van der Waals surface area contributed by atoms with Crippen LogP contribution in [0.3, 0.4) is 0 Å². The number of aromatic nitrogens is 1. The molecule has 1 aromatic carbocycles. The van der Waals surface area contributed by atoms with Gasteiger partial charge in [0.05, 0.1) is 11.6 Å². The largest absolute Gasteiger partial charge is 0.417 e. The van der Waals surface area contributed by atoms with Crippen LogP contribution in [0.2, 0.25) is 0 Å². The minimum atomic E-state index is -0.419. The molecule has 0 spiro atoms. The van der Waals surface area contributed by atoms with Crippen LogP contribution in [0.5, 0.6) is 0 Å². The first-order valence-electron chi connectivity index (χ1n) is 7.01. The van der Waals surface area contributed by atoms with Crippen molar-refractivity contribution in [1.29, 1.82) is 0 Å². The summed E-state index contributed by atoms with van der Waals surface area (Å²) >= 11 is 0. The predicted molar refractivity (Wildman–Crippen MR) is 78.1 cm³/mol. The van der Waals surface area contributed by atoms with E-state index in [1.165, 1.54) is 0 Å². The Hall–Kier alpha value is -1.75. The van der Waals surface area contributed by atoms with Gasteiger partial charge in [-0.25, -0.2) is 4.79 Å². The molecule has 1 saturated carbocycles. The third kappa shape index (κ3) is 2.12. The summed E-state index contributed by atoms with van der Waals surface area (Å²) in [5.41, 5.74) is 2.40. The van der Waals surface area contributed by atoms with Crippen molar-refractivity contribution in [3.63, 3.8) is 0 Å². The summed E-state index contributed by atoms with van der Waals surface area (Å²) in [6.07, 6.45) is 1.31. The minimum absolute atomic E-state index is 0.106. The molecule has 2 unspecified atom stereocenters. The van der Waals surface area contributed by atoms with E-state index in [0.29, 0.717) is 17.7 Å². The van der Waals surface area contributed by atoms with Crippen LogP contribution in [0.25, 0.3) is 11.1 Å². The molecular formula is C15H20N2O3. The Morgan fingerprint density at radius 1 is 1.50 bits per heavy atom. The number of oxazole rings is 1.